The van der Waals surface area contributed by atoms with Gasteiger partial charge in [-0.2, -0.15) is 0 Å². The summed E-state index contributed by atoms with van der Waals surface area (Å²) in [4.78, 5) is 3.86. The summed E-state index contributed by atoms with van der Waals surface area (Å²) in [5, 5.41) is 0. The van der Waals surface area contributed by atoms with Gasteiger partial charge in [0.15, 0.2) is 0 Å². The van der Waals surface area contributed by atoms with Crippen LogP contribution in [0.4, 0.5) is 0 Å². The quantitative estimate of drug-likeness (QED) is 0.467. The molecule has 0 aliphatic rings. The summed E-state index contributed by atoms with van der Waals surface area (Å²) < 4.78 is 0. The SMILES string of the molecule is CC=N/C=C/CC. The minimum atomic E-state index is 1.07. The van der Waals surface area contributed by atoms with Crippen LogP contribution in [0.1, 0.15) is 20.3 Å². The largest absolute Gasteiger partial charge is 0.270 e. The predicted molar refractivity (Wildman–Crippen MR) is 33.6 cm³/mol. The maximum Gasteiger partial charge on any atom is 0.0223 e. The number of rotatable bonds is 2. The maximum absolute atomic E-state index is 3.86. The van der Waals surface area contributed by atoms with Crippen LogP contribution in [0.3, 0.4) is 0 Å². The van der Waals surface area contributed by atoms with Gasteiger partial charge >= 0.3 is 0 Å². The summed E-state index contributed by atoms with van der Waals surface area (Å²) in [7, 11) is 0. The van der Waals surface area contributed by atoms with E-state index >= 15 is 0 Å². The zero-order valence-corrected chi connectivity index (χ0v) is 4.89. The van der Waals surface area contributed by atoms with Gasteiger partial charge in [-0.15, -0.1) is 0 Å². The lowest BCUT2D eigenvalue weighted by Crippen LogP contribution is -1.53. The Balaban J connectivity index is 3.09. The molecule has 0 N–H and O–H groups in total. The maximum atomic E-state index is 3.86. The van der Waals surface area contributed by atoms with Crippen molar-refractivity contribution in [3.63, 3.8) is 0 Å². The van der Waals surface area contributed by atoms with E-state index in [2.05, 4.69) is 11.9 Å². The van der Waals surface area contributed by atoms with E-state index in [1.165, 1.54) is 0 Å². The zero-order valence-electron chi connectivity index (χ0n) is 4.89. The Hall–Kier alpha value is -0.590. The second-order valence-corrected chi connectivity index (χ2v) is 1.20. The fourth-order valence-corrected chi connectivity index (χ4v) is 0.252. The molecule has 40 valence electrons. The third kappa shape index (κ3) is 5.41. The molecule has 0 saturated carbocycles. The highest BCUT2D eigenvalue weighted by atomic mass is 14.6. The number of hydrogen-bond acceptors (Lipinski definition) is 1. The highest BCUT2D eigenvalue weighted by Gasteiger charge is 1.58. The van der Waals surface area contributed by atoms with Crippen LogP contribution in [-0.4, -0.2) is 6.21 Å². The van der Waals surface area contributed by atoms with Gasteiger partial charge in [-0.1, -0.05) is 13.0 Å². The summed E-state index contributed by atoms with van der Waals surface area (Å²) in [5.74, 6) is 0. The fraction of sp³-hybridized carbons (Fsp3) is 0.500. The molecule has 0 saturated heterocycles. The molecular weight excluding hydrogens is 86.1 g/mol. The molecule has 0 aromatic carbocycles. The average molecular weight is 97.2 g/mol. The molecule has 1 heteroatoms. The summed E-state index contributed by atoms with van der Waals surface area (Å²) in [5.41, 5.74) is 0. The molecule has 0 atom stereocenters. The monoisotopic (exact) mass is 97.1 g/mol. The van der Waals surface area contributed by atoms with Crippen LogP contribution < -0.4 is 0 Å². The van der Waals surface area contributed by atoms with E-state index in [4.69, 9.17) is 0 Å². The first-order chi connectivity index (χ1) is 3.41. The lowest BCUT2D eigenvalue weighted by Gasteiger charge is -1.71. The van der Waals surface area contributed by atoms with Crippen molar-refractivity contribution in [2.24, 2.45) is 4.99 Å². The number of allylic oxidation sites excluding steroid dienone is 1. The van der Waals surface area contributed by atoms with Crippen LogP contribution in [0.5, 0.6) is 0 Å². The van der Waals surface area contributed by atoms with Crippen LogP contribution in [0.15, 0.2) is 17.3 Å². The number of hydrogen-bond donors (Lipinski definition) is 0. The van der Waals surface area contributed by atoms with E-state index in [0.717, 1.165) is 6.42 Å². The molecule has 0 spiro atoms. The number of nitrogens with zero attached hydrogens (tertiary/aromatic N) is 1. The van der Waals surface area contributed by atoms with E-state index in [9.17, 15) is 0 Å². The molecule has 0 unspecified atom stereocenters. The first-order valence-corrected chi connectivity index (χ1v) is 2.54. The average Bonchev–Trinajstić information content (AvgIpc) is 1.69. The molecule has 0 aliphatic carbocycles. The van der Waals surface area contributed by atoms with Crippen LogP contribution >= 0.6 is 0 Å². The van der Waals surface area contributed by atoms with Crippen LogP contribution in [0.25, 0.3) is 0 Å². The topological polar surface area (TPSA) is 12.4 Å². The molecule has 1 nitrogen and oxygen atoms in total. The molecular formula is C6H11N. The molecule has 0 aromatic rings. The molecule has 0 rings (SSSR count). The molecule has 0 radical (unpaired) electrons. The molecule has 0 fully saturated rings. The van der Waals surface area contributed by atoms with Gasteiger partial charge in [0, 0.05) is 12.4 Å². The van der Waals surface area contributed by atoms with Gasteiger partial charge in [0.05, 0.1) is 0 Å². The van der Waals surface area contributed by atoms with Gasteiger partial charge in [-0.25, -0.2) is 0 Å². The van der Waals surface area contributed by atoms with Gasteiger partial charge < -0.3 is 0 Å². The Morgan fingerprint density at radius 2 is 2.29 bits per heavy atom. The van der Waals surface area contributed by atoms with E-state index < -0.39 is 0 Å². The van der Waals surface area contributed by atoms with Crippen molar-refractivity contribution >= 4 is 6.21 Å². The van der Waals surface area contributed by atoms with Crippen LogP contribution in [-0.2, 0) is 0 Å². The summed E-state index contributed by atoms with van der Waals surface area (Å²) in [6.07, 6.45) is 6.66. The molecule has 0 bridgehead atoms. The highest BCUT2D eigenvalue weighted by Crippen LogP contribution is 1.77. The van der Waals surface area contributed by atoms with Crippen LogP contribution in [0.2, 0.25) is 0 Å². The minimum Gasteiger partial charge on any atom is -0.270 e. The standard InChI is InChI=1S/C6H11N/c1-3-5-6-7-4-2/h4-6H,3H2,1-2H3/b6-5+,7-4?. The summed E-state index contributed by atoms with van der Waals surface area (Å²) in [6, 6.07) is 0. The van der Waals surface area contributed by atoms with Crippen molar-refractivity contribution < 1.29 is 0 Å². The summed E-state index contributed by atoms with van der Waals surface area (Å²) >= 11 is 0. The van der Waals surface area contributed by atoms with Crippen molar-refractivity contribution in [2.45, 2.75) is 20.3 Å². The van der Waals surface area contributed by atoms with Gasteiger partial charge in [-0.05, 0) is 13.3 Å². The number of aliphatic imine (C=N–C) groups is 1. The van der Waals surface area contributed by atoms with Gasteiger partial charge in [0.25, 0.3) is 0 Å². The second-order valence-electron chi connectivity index (χ2n) is 1.20. The Morgan fingerprint density at radius 3 is 2.71 bits per heavy atom. The minimum absolute atomic E-state index is 1.07. The molecule has 0 aliphatic heterocycles. The molecule has 7 heavy (non-hydrogen) atoms. The lowest BCUT2D eigenvalue weighted by atomic mass is 10.5. The Labute approximate surface area is 44.8 Å². The van der Waals surface area contributed by atoms with Crippen molar-refractivity contribution in [1.82, 2.24) is 0 Å². The third-order valence-electron chi connectivity index (χ3n) is 0.576. The van der Waals surface area contributed by atoms with Crippen LogP contribution in [0, 0.1) is 0 Å². The summed E-state index contributed by atoms with van der Waals surface area (Å²) in [6.45, 7) is 3.99. The van der Waals surface area contributed by atoms with Gasteiger partial charge in [-0.3, -0.25) is 4.99 Å². The predicted octanol–water partition coefficient (Wildman–Crippen LogP) is 2.00. The first kappa shape index (κ1) is 6.41. The molecule has 0 heterocycles. The normalized spacial score (nSPS) is 11.7. The molecule has 0 aromatic heterocycles. The van der Waals surface area contributed by atoms with E-state index in [-0.39, 0.29) is 0 Å². The smallest absolute Gasteiger partial charge is 0.0223 e. The van der Waals surface area contributed by atoms with E-state index in [0.29, 0.717) is 0 Å². The Kier molecular flexibility index (Phi) is 4.95. The van der Waals surface area contributed by atoms with Gasteiger partial charge in [0.2, 0.25) is 0 Å². The third-order valence-corrected chi connectivity index (χ3v) is 0.576. The van der Waals surface area contributed by atoms with Crippen molar-refractivity contribution in [1.29, 1.82) is 0 Å². The van der Waals surface area contributed by atoms with E-state index in [1.807, 2.05) is 13.0 Å². The molecule has 0 amide bonds. The highest BCUT2D eigenvalue weighted by molar-refractivity contribution is 5.54. The second kappa shape index (κ2) is 5.41. The zero-order chi connectivity index (χ0) is 5.54. The van der Waals surface area contributed by atoms with Gasteiger partial charge in [0.1, 0.15) is 0 Å². The van der Waals surface area contributed by atoms with Crippen molar-refractivity contribution in [2.75, 3.05) is 0 Å². The van der Waals surface area contributed by atoms with E-state index in [1.54, 1.807) is 12.4 Å². The first-order valence-electron chi connectivity index (χ1n) is 2.54. The lowest BCUT2D eigenvalue weighted by molar-refractivity contribution is 1.21. The fourth-order valence-electron chi connectivity index (χ4n) is 0.252. The Morgan fingerprint density at radius 1 is 1.57 bits per heavy atom. The van der Waals surface area contributed by atoms with Crippen molar-refractivity contribution in [3.8, 4) is 0 Å². The Bertz CT molecular complexity index is 72.2. The van der Waals surface area contributed by atoms with Crippen molar-refractivity contribution in [3.05, 3.63) is 12.3 Å².